The van der Waals surface area contributed by atoms with Crippen molar-refractivity contribution in [3.8, 4) is 0 Å². The number of amides is 2. The Balaban J connectivity index is 2.12. The van der Waals surface area contributed by atoms with E-state index in [-0.39, 0.29) is 18.4 Å². The summed E-state index contributed by atoms with van der Waals surface area (Å²) in [7, 11) is 1.57. The number of urea groups is 1. The maximum absolute atomic E-state index is 12.1. The summed E-state index contributed by atoms with van der Waals surface area (Å²) in [6, 6.07) is 7.21. The van der Waals surface area contributed by atoms with E-state index in [0.29, 0.717) is 19.7 Å². The second-order valence-electron chi connectivity index (χ2n) is 4.69. The fraction of sp³-hybridized carbons (Fsp3) is 0.429. The molecule has 1 unspecified atom stereocenters. The third-order valence-electron chi connectivity index (χ3n) is 3.32. The third-order valence-corrected chi connectivity index (χ3v) is 3.32. The van der Waals surface area contributed by atoms with Crippen LogP contribution in [-0.4, -0.2) is 43.9 Å². The molecule has 0 aromatic heterocycles. The van der Waals surface area contributed by atoms with Gasteiger partial charge in [0.25, 0.3) is 0 Å². The van der Waals surface area contributed by atoms with Crippen LogP contribution < -0.4 is 10.2 Å². The van der Waals surface area contributed by atoms with Crippen molar-refractivity contribution in [1.82, 2.24) is 5.32 Å². The van der Waals surface area contributed by atoms with Gasteiger partial charge < -0.3 is 15.2 Å². The number of aliphatic carboxylic acids is 1. The van der Waals surface area contributed by atoms with Crippen molar-refractivity contribution in [2.75, 3.05) is 31.7 Å². The van der Waals surface area contributed by atoms with Crippen molar-refractivity contribution in [3.63, 3.8) is 0 Å². The molecule has 2 amide bonds. The van der Waals surface area contributed by atoms with Crippen molar-refractivity contribution in [3.05, 3.63) is 29.8 Å². The second-order valence-corrected chi connectivity index (χ2v) is 4.69. The van der Waals surface area contributed by atoms with E-state index in [0.717, 1.165) is 11.3 Å². The molecule has 20 heavy (non-hydrogen) atoms. The average Bonchev–Trinajstić information content (AvgIpc) is 2.78. The Morgan fingerprint density at radius 1 is 1.45 bits per heavy atom. The standard InChI is InChI=1S/C14H18N2O4/c1-20-7-6-15-14(19)16-9-10(8-13(17)18)11-4-2-3-5-12(11)16/h2-5,10H,6-9H2,1H3,(H,15,19)(H,17,18). The molecular weight excluding hydrogens is 260 g/mol. The van der Waals surface area contributed by atoms with Gasteiger partial charge in [-0.15, -0.1) is 0 Å². The molecule has 0 bridgehead atoms. The summed E-state index contributed by atoms with van der Waals surface area (Å²) in [5, 5.41) is 11.7. The Hall–Kier alpha value is -2.08. The van der Waals surface area contributed by atoms with Crippen molar-refractivity contribution in [1.29, 1.82) is 0 Å². The number of ether oxygens (including phenoxy) is 1. The SMILES string of the molecule is COCCNC(=O)N1CC(CC(=O)O)c2ccccc21. The summed E-state index contributed by atoms with van der Waals surface area (Å²) in [5.41, 5.74) is 1.70. The highest BCUT2D eigenvalue weighted by atomic mass is 16.5. The molecule has 6 heteroatoms. The molecule has 1 heterocycles. The average molecular weight is 278 g/mol. The number of para-hydroxylation sites is 1. The molecule has 2 rings (SSSR count). The largest absolute Gasteiger partial charge is 0.481 e. The molecule has 0 saturated carbocycles. The van der Waals surface area contributed by atoms with Gasteiger partial charge in [0, 0.05) is 31.8 Å². The molecule has 1 atom stereocenters. The number of carboxylic acid groups (broad SMARTS) is 1. The molecule has 1 aliphatic heterocycles. The highest BCUT2D eigenvalue weighted by Crippen LogP contribution is 2.37. The van der Waals surface area contributed by atoms with Crippen LogP contribution in [0.1, 0.15) is 17.9 Å². The topological polar surface area (TPSA) is 78.9 Å². The monoisotopic (exact) mass is 278 g/mol. The number of carbonyl (C=O) groups is 2. The van der Waals surface area contributed by atoms with Gasteiger partial charge in [-0.25, -0.2) is 4.79 Å². The van der Waals surface area contributed by atoms with Gasteiger partial charge in [0.1, 0.15) is 0 Å². The summed E-state index contributed by atoms with van der Waals surface area (Å²) in [5.74, 6) is -1.01. The van der Waals surface area contributed by atoms with Gasteiger partial charge in [-0.3, -0.25) is 9.69 Å². The number of hydrogen-bond donors (Lipinski definition) is 2. The van der Waals surface area contributed by atoms with E-state index in [4.69, 9.17) is 9.84 Å². The number of anilines is 1. The second kappa shape index (κ2) is 6.38. The first-order valence-corrected chi connectivity index (χ1v) is 6.48. The number of rotatable bonds is 5. The fourth-order valence-corrected chi connectivity index (χ4v) is 2.43. The summed E-state index contributed by atoms with van der Waals surface area (Å²) in [6.07, 6.45) is 0.0267. The molecule has 0 spiro atoms. The van der Waals surface area contributed by atoms with Gasteiger partial charge in [0.2, 0.25) is 0 Å². The van der Waals surface area contributed by atoms with Gasteiger partial charge in [-0.05, 0) is 11.6 Å². The number of carboxylic acids is 1. The van der Waals surface area contributed by atoms with E-state index < -0.39 is 5.97 Å². The Morgan fingerprint density at radius 3 is 2.90 bits per heavy atom. The molecule has 0 saturated heterocycles. The first-order chi connectivity index (χ1) is 9.63. The summed E-state index contributed by atoms with van der Waals surface area (Å²) >= 11 is 0. The summed E-state index contributed by atoms with van der Waals surface area (Å²) < 4.78 is 4.89. The zero-order valence-corrected chi connectivity index (χ0v) is 11.3. The summed E-state index contributed by atoms with van der Waals surface area (Å²) in [6.45, 7) is 1.27. The Bertz CT molecular complexity index is 504. The minimum Gasteiger partial charge on any atom is -0.481 e. The zero-order valence-electron chi connectivity index (χ0n) is 11.3. The van der Waals surface area contributed by atoms with Crippen LogP contribution in [0.5, 0.6) is 0 Å². The minimum absolute atomic E-state index is 0.0267. The lowest BCUT2D eigenvalue weighted by Crippen LogP contribution is -2.40. The van der Waals surface area contributed by atoms with Crippen molar-refractivity contribution < 1.29 is 19.4 Å². The van der Waals surface area contributed by atoms with Crippen LogP contribution in [0.3, 0.4) is 0 Å². The number of methoxy groups -OCH3 is 1. The number of carbonyl (C=O) groups excluding carboxylic acids is 1. The highest BCUT2D eigenvalue weighted by molar-refractivity contribution is 5.95. The van der Waals surface area contributed by atoms with Crippen LogP contribution >= 0.6 is 0 Å². The Labute approximate surface area is 117 Å². The van der Waals surface area contributed by atoms with Crippen LogP contribution in [0.15, 0.2) is 24.3 Å². The predicted molar refractivity (Wildman–Crippen MR) is 74.1 cm³/mol. The van der Waals surface area contributed by atoms with Gasteiger partial charge in [-0.2, -0.15) is 0 Å². The number of hydrogen-bond acceptors (Lipinski definition) is 3. The first-order valence-electron chi connectivity index (χ1n) is 6.48. The molecule has 108 valence electrons. The van der Waals surface area contributed by atoms with Crippen molar-refractivity contribution in [2.24, 2.45) is 0 Å². The molecule has 0 aliphatic carbocycles. The van der Waals surface area contributed by atoms with Crippen molar-refractivity contribution in [2.45, 2.75) is 12.3 Å². The smallest absolute Gasteiger partial charge is 0.321 e. The lowest BCUT2D eigenvalue weighted by Gasteiger charge is -2.18. The number of fused-ring (bicyclic) bond motifs is 1. The maximum atomic E-state index is 12.1. The predicted octanol–water partition coefficient (Wildman–Crippen LogP) is 1.42. The lowest BCUT2D eigenvalue weighted by atomic mass is 9.98. The first kappa shape index (κ1) is 14.3. The third kappa shape index (κ3) is 3.08. The molecule has 1 aromatic carbocycles. The van der Waals surface area contributed by atoms with E-state index in [1.165, 1.54) is 0 Å². The molecule has 1 aliphatic rings. The van der Waals surface area contributed by atoms with Crippen LogP contribution in [0.4, 0.5) is 10.5 Å². The van der Waals surface area contributed by atoms with Crippen LogP contribution in [-0.2, 0) is 9.53 Å². The van der Waals surface area contributed by atoms with E-state index in [2.05, 4.69) is 5.32 Å². The van der Waals surface area contributed by atoms with Gasteiger partial charge in [-0.1, -0.05) is 18.2 Å². The number of benzene rings is 1. The molecule has 0 fully saturated rings. The van der Waals surface area contributed by atoms with Gasteiger partial charge in [0.05, 0.1) is 13.0 Å². The normalized spacial score (nSPS) is 16.9. The molecule has 6 nitrogen and oxygen atoms in total. The van der Waals surface area contributed by atoms with Crippen LogP contribution in [0.2, 0.25) is 0 Å². The van der Waals surface area contributed by atoms with Crippen molar-refractivity contribution >= 4 is 17.7 Å². The Kier molecular flexibility index (Phi) is 4.57. The zero-order chi connectivity index (χ0) is 14.5. The molecule has 2 N–H and O–H groups in total. The number of nitrogens with one attached hydrogen (secondary N) is 1. The van der Waals surface area contributed by atoms with E-state index in [9.17, 15) is 9.59 Å². The molecule has 1 aromatic rings. The van der Waals surface area contributed by atoms with E-state index in [1.54, 1.807) is 12.0 Å². The molecular formula is C14H18N2O4. The molecule has 0 radical (unpaired) electrons. The van der Waals surface area contributed by atoms with Crippen LogP contribution in [0.25, 0.3) is 0 Å². The Morgan fingerprint density at radius 2 is 2.20 bits per heavy atom. The highest BCUT2D eigenvalue weighted by Gasteiger charge is 2.33. The quantitative estimate of drug-likeness (QED) is 0.798. The maximum Gasteiger partial charge on any atom is 0.321 e. The minimum atomic E-state index is -0.855. The lowest BCUT2D eigenvalue weighted by molar-refractivity contribution is -0.137. The number of nitrogens with zero attached hydrogens (tertiary/aromatic N) is 1. The fourth-order valence-electron chi connectivity index (χ4n) is 2.43. The van der Waals surface area contributed by atoms with Gasteiger partial charge in [0.15, 0.2) is 0 Å². The van der Waals surface area contributed by atoms with Gasteiger partial charge >= 0.3 is 12.0 Å². The summed E-state index contributed by atoms with van der Waals surface area (Å²) in [4.78, 5) is 24.6. The van der Waals surface area contributed by atoms with E-state index >= 15 is 0 Å². The van der Waals surface area contributed by atoms with Crippen LogP contribution in [0, 0.1) is 0 Å². The van der Waals surface area contributed by atoms with E-state index in [1.807, 2.05) is 24.3 Å².